The van der Waals surface area contributed by atoms with E-state index in [4.69, 9.17) is 9.05 Å². The summed E-state index contributed by atoms with van der Waals surface area (Å²) >= 11 is 0. The molecule has 3 unspecified atom stereocenters. The fourth-order valence-corrected chi connectivity index (χ4v) is 9.26. The van der Waals surface area contributed by atoms with Crippen molar-refractivity contribution in [2.24, 2.45) is 0 Å². The molecule has 0 rings (SSSR count). The number of carbonyl (C=O) groups excluding carboxylic acids is 1. The third-order valence-corrected chi connectivity index (χ3v) is 13.8. The van der Waals surface area contributed by atoms with Crippen molar-refractivity contribution in [2.45, 2.75) is 296 Å². The van der Waals surface area contributed by atoms with Gasteiger partial charge in [0.25, 0.3) is 0 Å². The van der Waals surface area contributed by atoms with Gasteiger partial charge in [-0.15, -0.1) is 0 Å². The molecule has 62 heavy (non-hydrogen) atoms. The third-order valence-electron chi connectivity index (χ3n) is 12.9. The molecular weight excluding hydrogens is 792 g/mol. The van der Waals surface area contributed by atoms with Gasteiger partial charge in [0.05, 0.1) is 39.9 Å². The van der Waals surface area contributed by atoms with E-state index in [1.165, 1.54) is 218 Å². The maximum Gasteiger partial charge on any atom is 0.472 e. The number of rotatable bonds is 51. The van der Waals surface area contributed by atoms with Crippen LogP contribution in [0.25, 0.3) is 0 Å². The van der Waals surface area contributed by atoms with Crippen molar-refractivity contribution in [3.8, 4) is 0 Å². The second kappa shape index (κ2) is 45.6. The average molecular weight is 902 g/mol. The number of aliphatic hydroxyl groups is 1. The van der Waals surface area contributed by atoms with E-state index < -0.39 is 20.0 Å². The molecule has 0 aliphatic heterocycles. The molecular formula is C53H110N2O6P+. The van der Waals surface area contributed by atoms with Gasteiger partial charge in [-0.3, -0.25) is 13.8 Å². The highest BCUT2D eigenvalue weighted by molar-refractivity contribution is 7.47. The van der Waals surface area contributed by atoms with Gasteiger partial charge >= 0.3 is 7.82 Å². The standard InChI is InChI=1S/C53H109N2O6P/c1-6-8-10-12-14-16-18-20-22-23-24-25-26-27-28-29-30-31-33-34-36-38-40-42-44-46-52(56)51(50-61-62(58,59)60-49-48-55(3,4)5)54-53(57)47-45-43-41-39-37-35-32-21-19-17-15-13-11-9-7-2/h51-52,56H,6-50H2,1-5H3,(H-,54,57,58,59)/p+1. The van der Waals surface area contributed by atoms with Crippen LogP contribution in [0, 0.1) is 0 Å². The number of amides is 1. The van der Waals surface area contributed by atoms with Crippen molar-refractivity contribution in [3.05, 3.63) is 0 Å². The molecule has 0 aliphatic carbocycles. The molecule has 8 nitrogen and oxygen atoms in total. The Morgan fingerprint density at radius 2 is 0.774 bits per heavy atom. The molecule has 3 N–H and O–H groups in total. The van der Waals surface area contributed by atoms with Crippen LogP contribution in [-0.2, 0) is 18.4 Å². The quantitative estimate of drug-likeness (QED) is 0.0319. The van der Waals surface area contributed by atoms with Crippen LogP contribution in [0.2, 0.25) is 0 Å². The molecule has 0 aliphatic rings. The first kappa shape index (κ1) is 61.5. The van der Waals surface area contributed by atoms with E-state index in [0.29, 0.717) is 23.9 Å². The lowest BCUT2D eigenvalue weighted by atomic mass is 10.0. The van der Waals surface area contributed by atoms with Gasteiger partial charge in [-0.2, -0.15) is 0 Å². The fraction of sp³-hybridized carbons (Fsp3) is 0.981. The topological polar surface area (TPSA) is 105 Å². The summed E-state index contributed by atoms with van der Waals surface area (Å²) in [4.78, 5) is 23.3. The molecule has 0 aromatic rings. The molecule has 0 spiro atoms. The van der Waals surface area contributed by atoms with E-state index in [0.717, 1.165) is 38.5 Å². The number of aliphatic hydroxyl groups excluding tert-OH is 1. The molecule has 0 aromatic carbocycles. The lowest BCUT2D eigenvalue weighted by Crippen LogP contribution is -2.46. The van der Waals surface area contributed by atoms with Gasteiger partial charge in [-0.25, -0.2) is 4.57 Å². The first-order valence-electron chi connectivity index (χ1n) is 27.4. The molecule has 0 radical (unpaired) electrons. The number of carbonyl (C=O) groups is 1. The molecule has 1 amide bonds. The minimum Gasteiger partial charge on any atom is -0.391 e. The average Bonchev–Trinajstić information content (AvgIpc) is 3.23. The van der Waals surface area contributed by atoms with E-state index in [2.05, 4.69) is 19.2 Å². The van der Waals surface area contributed by atoms with Crippen LogP contribution in [0.3, 0.4) is 0 Å². The Hall–Kier alpha value is -0.500. The monoisotopic (exact) mass is 902 g/mol. The zero-order chi connectivity index (χ0) is 45.7. The molecule has 372 valence electrons. The van der Waals surface area contributed by atoms with E-state index in [-0.39, 0.29) is 19.1 Å². The molecule has 0 fully saturated rings. The molecule has 0 bridgehead atoms. The van der Waals surface area contributed by atoms with Crippen LogP contribution in [0.15, 0.2) is 0 Å². The minimum atomic E-state index is -4.31. The minimum absolute atomic E-state index is 0.0790. The number of nitrogens with one attached hydrogen (secondary N) is 1. The number of hydrogen-bond donors (Lipinski definition) is 3. The molecule has 0 saturated carbocycles. The summed E-state index contributed by atoms with van der Waals surface area (Å²) in [5.74, 6) is -0.138. The number of unbranched alkanes of at least 4 members (excludes halogenated alkanes) is 38. The van der Waals surface area contributed by atoms with E-state index >= 15 is 0 Å². The van der Waals surface area contributed by atoms with Crippen molar-refractivity contribution in [3.63, 3.8) is 0 Å². The Kier molecular flexibility index (Phi) is 45.3. The van der Waals surface area contributed by atoms with Gasteiger partial charge in [-0.1, -0.05) is 264 Å². The summed E-state index contributed by atoms with van der Waals surface area (Å²) in [5.41, 5.74) is 0. The lowest BCUT2D eigenvalue weighted by Gasteiger charge is -2.26. The summed E-state index contributed by atoms with van der Waals surface area (Å²) in [6, 6.07) is -0.754. The van der Waals surface area contributed by atoms with Gasteiger partial charge in [0.1, 0.15) is 13.2 Å². The van der Waals surface area contributed by atoms with E-state index in [1.54, 1.807) is 0 Å². The van der Waals surface area contributed by atoms with Gasteiger partial charge in [0, 0.05) is 6.42 Å². The van der Waals surface area contributed by atoms with Crippen LogP contribution in [0.4, 0.5) is 0 Å². The first-order valence-corrected chi connectivity index (χ1v) is 28.9. The largest absolute Gasteiger partial charge is 0.472 e. The van der Waals surface area contributed by atoms with Crippen molar-refractivity contribution >= 4 is 13.7 Å². The van der Waals surface area contributed by atoms with E-state index in [1.807, 2.05) is 21.1 Å². The predicted molar refractivity (Wildman–Crippen MR) is 268 cm³/mol. The van der Waals surface area contributed by atoms with Crippen LogP contribution in [0.5, 0.6) is 0 Å². The van der Waals surface area contributed by atoms with Gasteiger partial charge < -0.3 is 19.8 Å². The highest BCUT2D eigenvalue weighted by Crippen LogP contribution is 2.43. The number of phosphoric acid groups is 1. The maximum absolute atomic E-state index is 12.9. The zero-order valence-electron chi connectivity index (χ0n) is 42.4. The summed E-state index contributed by atoms with van der Waals surface area (Å²) in [7, 11) is 1.63. The number of phosphoric ester groups is 1. The van der Waals surface area contributed by atoms with E-state index in [9.17, 15) is 19.4 Å². The lowest BCUT2D eigenvalue weighted by molar-refractivity contribution is -0.870. The predicted octanol–water partition coefficient (Wildman–Crippen LogP) is 16.1. The Labute approximate surface area is 387 Å². The van der Waals surface area contributed by atoms with Crippen molar-refractivity contribution in [1.82, 2.24) is 5.32 Å². The van der Waals surface area contributed by atoms with Crippen molar-refractivity contribution in [1.29, 1.82) is 0 Å². The Morgan fingerprint density at radius 1 is 0.484 bits per heavy atom. The summed E-state index contributed by atoms with van der Waals surface area (Å²) in [6.07, 6.45) is 52.9. The molecule has 3 atom stereocenters. The SMILES string of the molecule is CCCCCCCCCCCCCCCCCCCCCCCCCCCC(O)C(COP(=O)(O)OCC[N+](C)(C)C)NC(=O)CCCCCCCCCCCCCCCCC. The zero-order valence-corrected chi connectivity index (χ0v) is 43.3. The number of hydrogen-bond acceptors (Lipinski definition) is 5. The van der Waals surface area contributed by atoms with Crippen LogP contribution in [-0.4, -0.2) is 73.4 Å². The third kappa shape index (κ3) is 47.5. The van der Waals surface area contributed by atoms with Crippen LogP contribution >= 0.6 is 7.82 Å². The Balaban J connectivity index is 4.12. The first-order chi connectivity index (χ1) is 30.0. The van der Waals surface area contributed by atoms with Gasteiger partial charge in [0.2, 0.25) is 5.91 Å². The van der Waals surface area contributed by atoms with Crippen molar-refractivity contribution in [2.75, 3.05) is 40.9 Å². The Morgan fingerprint density at radius 3 is 1.08 bits per heavy atom. The number of likely N-dealkylation sites (N-methyl/N-ethyl adjacent to an activating group) is 1. The normalized spacial score (nSPS) is 14.0. The van der Waals surface area contributed by atoms with Crippen LogP contribution < -0.4 is 5.32 Å². The second-order valence-corrected chi connectivity index (χ2v) is 21.8. The fourth-order valence-electron chi connectivity index (χ4n) is 8.52. The molecule has 0 aromatic heterocycles. The van der Waals surface area contributed by atoms with Gasteiger partial charge in [0.15, 0.2) is 0 Å². The highest BCUT2D eigenvalue weighted by Gasteiger charge is 2.28. The molecule has 0 saturated heterocycles. The Bertz CT molecular complexity index is 978. The number of nitrogens with zero attached hydrogens (tertiary/aromatic N) is 1. The van der Waals surface area contributed by atoms with Crippen LogP contribution in [0.1, 0.15) is 284 Å². The maximum atomic E-state index is 12.9. The highest BCUT2D eigenvalue weighted by atomic mass is 31.2. The van der Waals surface area contributed by atoms with Gasteiger partial charge in [-0.05, 0) is 12.8 Å². The smallest absolute Gasteiger partial charge is 0.391 e. The number of quaternary nitrogens is 1. The second-order valence-electron chi connectivity index (χ2n) is 20.3. The molecule has 0 heterocycles. The molecule has 9 heteroatoms. The van der Waals surface area contributed by atoms with Crippen molar-refractivity contribution < 1.29 is 32.9 Å². The summed E-state index contributed by atoms with van der Waals surface area (Å²) in [6.45, 7) is 4.93. The summed E-state index contributed by atoms with van der Waals surface area (Å²) in [5, 5.41) is 14.0. The summed E-state index contributed by atoms with van der Waals surface area (Å²) < 4.78 is 23.7.